The number of carbonyl (C=O) groups excluding carboxylic acids is 1. The van der Waals surface area contributed by atoms with Crippen LogP contribution in [0.2, 0.25) is 0 Å². The summed E-state index contributed by atoms with van der Waals surface area (Å²) in [5, 5.41) is 13.5. The lowest BCUT2D eigenvalue weighted by Gasteiger charge is -2.13. The molecule has 0 unspecified atom stereocenters. The second kappa shape index (κ2) is 10.8. The van der Waals surface area contributed by atoms with Gasteiger partial charge in [0.05, 0.1) is 12.2 Å². The lowest BCUT2D eigenvalue weighted by molar-refractivity contribution is -0.118. The van der Waals surface area contributed by atoms with Crippen molar-refractivity contribution in [2.75, 3.05) is 12.4 Å². The lowest BCUT2D eigenvalue weighted by atomic mass is 10.1. The van der Waals surface area contributed by atoms with Gasteiger partial charge in [-0.1, -0.05) is 26.0 Å². The summed E-state index contributed by atoms with van der Waals surface area (Å²) in [4.78, 5) is 15.9. The Balaban J connectivity index is 0.00000338. The molecule has 3 N–H and O–H groups in total. The first-order chi connectivity index (χ1) is 12.0. The highest BCUT2D eigenvalue weighted by atomic mass is 127. The molecule has 1 heterocycles. The number of aromatic nitrogens is 2. The van der Waals surface area contributed by atoms with Gasteiger partial charge in [-0.25, -0.2) is 0 Å². The Morgan fingerprint density at radius 3 is 2.35 bits per heavy atom. The number of anilines is 1. The van der Waals surface area contributed by atoms with Crippen LogP contribution in [-0.2, 0) is 24.9 Å². The fourth-order valence-electron chi connectivity index (χ4n) is 2.15. The lowest BCUT2D eigenvalue weighted by Crippen LogP contribution is -2.36. The maximum Gasteiger partial charge on any atom is 0.226 e. The second-order valence-electron chi connectivity index (χ2n) is 6.07. The Kier molecular flexibility index (Phi) is 9.11. The zero-order valence-electron chi connectivity index (χ0n) is 15.6. The van der Waals surface area contributed by atoms with Crippen LogP contribution < -0.4 is 16.0 Å². The molecule has 0 spiro atoms. The van der Waals surface area contributed by atoms with Crippen molar-refractivity contribution >= 4 is 41.5 Å². The van der Waals surface area contributed by atoms with E-state index in [9.17, 15) is 4.79 Å². The number of rotatable bonds is 6. The molecule has 0 aliphatic carbocycles. The van der Waals surface area contributed by atoms with Crippen LogP contribution >= 0.6 is 24.0 Å². The molecule has 1 amide bonds. The van der Waals surface area contributed by atoms with Crippen molar-refractivity contribution in [3.63, 3.8) is 0 Å². The van der Waals surface area contributed by atoms with E-state index in [1.165, 1.54) is 0 Å². The summed E-state index contributed by atoms with van der Waals surface area (Å²) in [6, 6.07) is 9.74. The molecule has 0 aliphatic rings. The average Bonchev–Trinajstić information content (AvgIpc) is 3.01. The number of aliphatic imine (C=N–C) groups is 1. The maximum atomic E-state index is 11.7. The summed E-state index contributed by atoms with van der Waals surface area (Å²) < 4.78 is 1.82. The van der Waals surface area contributed by atoms with E-state index in [2.05, 4.69) is 26.0 Å². The van der Waals surface area contributed by atoms with Crippen LogP contribution in [0, 0.1) is 5.92 Å². The third-order valence-electron chi connectivity index (χ3n) is 3.79. The largest absolute Gasteiger partial charge is 0.352 e. The topological polar surface area (TPSA) is 83.3 Å². The number of hydrogen-bond donors (Lipinski definition) is 3. The quantitative estimate of drug-likeness (QED) is 0.344. The molecule has 0 atom stereocenters. The highest BCUT2D eigenvalue weighted by Gasteiger charge is 2.07. The number of nitrogens with zero attached hydrogens (tertiary/aromatic N) is 3. The van der Waals surface area contributed by atoms with Gasteiger partial charge in [-0.15, -0.1) is 24.0 Å². The van der Waals surface area contributed by atoms with Gasteiger partial charge in [-0.3, -0.25) is 14.5 Å². The zero-order valence-corrected chi connectivity index (χ0v) is 17.9. The predicted octanol–water partition coefficient (Wildman–Crippen LogP) is 2.50. The summed E-state index contributed by atoms with van der Waals surface area (Å²) in [6.07, 6.45) is 1.77. The van der Waals surface area contributed by atoms with Gasteiger partial charge >= 0.3 is 0 Å². The summed E-state index contributed by atoms with van der Waals surface area (Å²) in [5.74, 6) is 0.708. The Bertz CT molecular complexity index is 724. The monoisotopic (exact) mass is 470 g/mol. The first-order valence-electron chi connectivity index (χ1n) is 8.30. The number of amides is 1. The van der Waals surface area contributed by atoms with Crippen molar-refractivity contribution < 1.29 is 4.79 Å². The zero-order chi connectivity index (χ0) is 18.2. The fourth-order valence-corrected chi connectivity index (χ4v) is 2.15. The van der Waals surface area contributed by atoms with E-state index in [0.29, 0.717) is 13.1 Å². The summed E-state index contributed by atoms with van der Waals surface area (Å²) in [7, 11) is 3.65. The van der Waals surface area contributed by atoms with Crippen LogP contribution in [0.4, 0.5) is 5.69 Å². The normalized spacial score (nSPS) is 11.0. The summed E-state index contributed by atoms with van der Waals surface area (Å²) >= 11 is 0. The molecular formula is C18H27IN6O. The number of nitrogens with one attached hydrogen (secondary N) is 3. The number of benzene rings is 1. The van der Waals surface area contributed by atoms with E-state index >= 15 is 0 Å². The van der Waals surface area contributed by atoms with E-state index in [1.54, 1.807) is 13.2 Å². The van der Waals surface area contributed by atoms with Gasteiger partial charge < -0.3 is 16.0 Å². The van der Waals surface area contributed by atoms with Crippen LogP contribution in [0.15, 0.2) is 41.5 Å². The number of guanidine groups is 1. The molecule has 142 valence electrons. The maximum absolute atomic E-state index is 11.7. The van der Waals surface area contributed by atoms with Gasteiger partial charge in [-0.05, 0) is 23.8 Å². The Morgan fingerprint density at radius 2 is 1.81 bits per heavy atom. The molecule has 7 nitrogen and oxygen atoms in total. The molecule has 1 aromatic heterocycles. The highest BCUT2D eigenvalue weighted by molar-refractivity contribution is 14.0. The minimum atomic E-state index is -0.0323. The summed E-state index contributed by atoms with van der Waals surface area (Å²) in [5.41, 5.74) is 2.99. The molecule has 0 saturated heterocycles. The van der Waals surface area contributed by atoms with Crippen LogP contribution in [0.5, 0.6) is 0 Å². The standard InChI is InChI=1S/C18H26N6O.HI/c1-13(2)17(25)23-15-7-5-14(6-8-15)11-20-18(19-3)21-12-16-9-10-22-24(16)4;/h5-10,13H,11-12H2,1-4H3,(H,23,25)(H2,19,20,21);1H. The van der Waals surface area contributed by atoms with Crippen molar-refractivity contribution in [1.29, 1.82) is 0 Å². The van der Waals surface area contributed by atoms with E-state index in [4.69, 9.17) is 0 Å². The van der Waals surface area contributed by atoms with E-state index < -0.39 is 0 Å². The number of carbonyl (C=O) groups is 1. The average molecular weight is 470 g/mol. The van der Waals surface area contributed by atoms with Crippen molar-refractivity contribution in [3.8, 4) is 0 Å². The third-order valence-corrected chi connectivity index (χ3v) is 3.79. The molecule has 26 heavy (non-hydrogen) atoms. The number of aryl methyl sites for hydroxylation is 1. The van der Waals surface area contributed by atoms with Gasteiger partial charge in [0.25, 0.3) is 0 Å². The molecule has 0 bridgehead atoms. The van der Waals surface area contributed by atoms with E-state index in [-0.39, 0.29) is 35.8 Å². The van der Waals surface area contributed by atoms with Gasteiger partial charge in [0.2, 0.25) is 5.91 Å². The van der Waals surface area contributed by atoms with Crippen LogP contribution in [0.25, 0.3) is 0 Å². The summed E-state index contributed by atoms with van der Waals surface area (Å²) in [6.45, 7) is 5.04. The van der Waals surface area contributed by atoms with Gasteiger partial charge in [0.15, 0.2) is 5.96 Å². The van der Waals surface area contributed by atoms with Crippen LogP contribution in [-0.4, -0.2) is 28.7 Å². The Labute approximate surface area is 171 Å². The SMILES string of the molecule is CN=C(NCc1ccc(NC(=O)C(C)C)cc1)NCc1ccnn1C.I. The minimum Gasteiger partial charge on any atom is -0.352 e. The minimum absolute atomic E-state index is 0. The third kappa shape index (κ3) is 6.66. The van der Waals surface area contributed by atoms with E-state index in [0.717, 1.165) is 22.9 Å². The predicted molar refractivity (Wildman–Crippen MR) is 116 cm³/mol. The molecule has 0 radical (unpaired) electrons. The van der Waals surface area contributed by atoms with Gasteiger partial charge in [0, 0.05) is 38.4 Å². The van der Waals surface area contributed by atoms with Gasteiger partial charge in [-0.2, -0.15) is 5.10 Å². The Hall–Kier alpha value is -2.10. The first-order valence-corrected chi connectivity index (χ1v) is 8.30. The molecule has 2 aromatic rings. The molecule has 0 saturated carbocycles. The van der Waals surface area contributed by atoms with Crippen LogP contribution in [0.3, 0.4) is 0 Å². The molecule has 0 aliphatic heterocycles. The Morgan fingerprint density at radius 1 is 1.15 bits per heavy atom. The second-order valence-corrected chi connectivity index (χ2v) is 6.07. The molecular weight excluding hydrogens is 443 g/mol. The smallest absolute Gasteiger partial charge is 0.226 e. The van der Waals surface area contributed by atoms with Crippen LogP contribution in [0.1, 0.15) is 25.1 Å². The van der Waals surface area contributed by atoms with Crippen molar-refractivity contribution in [1.82, 2.24) is 20.4 Å². The molecule has 2 rings (SSSR count). The fraction of sp³-hybridized carbons (Fsp3) is 0.389. The van der Waals surface area contributed by atoms with E-state index in [1.807, 2.05) is 55.9 Å². The van der Waals surface area contributed by atoms with Crippen molar-refractivity contribution in [2.24, 2.45) is 18.0 Å². The highest BCUT2D eigenvalue weighted by Crippen LogP contribution is 2.11. The van der Waals surface area contributed by atoms with Crippen molar-refractivity contribution in [2.45, 2.75) is 26.9 Å². The molecule has 1 aromatic carbocycles. The van der Waals surface area contributed by atoms with Gasteiger partial charge in [0.1, 0.15) is 0 Å². The molecule has 0 fully saturated rings. The number of halogens is 1. The number of hydrogen-bond acceptors (Lipinski definition) is 3. The first kappa shape index (κ1) is 21.9. The molecule has 8 heteroatoms. The van der Waals surface area contributed by atoms with Crippen molar-refractivity contribution in [3.05, 3.63) is 47.8 Å².